The quantitative estimate of drug-likeness (QED) is 0.872. The highest BCUT2D eigenvalue weighted by molar-refractivity contribution is 6.04. The van der Waals surface area contributed by atoms with Gasteiger partial charge < -0.3 is 10.2 Å². The largest absolute Gasteiger partial charge is 0.378 e. The topological polar surface area (TPSA) is 84.8 Å². The molecule has 0 fully saturated rings. The molecule has 2 N–H and O–H groups in total. The molecular formula is C13H13N5O. The lowest BCUT2D eigenvalue weighted by Crippen LogP contribution is -2.14. The van der Waals surface area contributed by atoms with Gasteiger partial charge in [-0.2, -0.15) is 10.4 Å². The number of nitrogens with one attached hydrogen (secondary N) is 2. The first-order valence-corrected chi connectivity index (χ1v) is 5.64. The van der Waals surface area contributed by atoms with Crippen molar-refractivity contribution < 1.29 is 4.79 Å². The summed E-state index contributed by atoms with van der Waals surface area (Å²) >= 11 is 0. The molecule has 1 amide bonds. The average molecular weight is 255 g/mol. The monoisotopic (exact) mass is 255 g/mol. The Bertz CT molecular complexity index is 621. The van der Waals surface area contributed by atoms with Crippen molar-refractivity contribution in [3.05, 3.63) is 41.6 Å². The van der Waals surface area contributed by atoms with Crippen molar-refractivity contribution in [2.45, 2.75) is 0 Å². The number of rotatable bonds is 3. The normalized spacial score (nSPS) is 9.74. The van der Waals surface area contributed by atoms with Gasteiger partial charge in [0.1, 0.15) is 17.5 Å². The van der Waals surface area contributed by atoms with Gasteiger partial charge in [0, 0.05) is 25.3 Å². The number of carbonyl (C=O) groups excluding carboxylic acids is 1. The Labute approximate surface area is 110 Å². The molecule has 0 unspecified atom stereocenters. The maximum Gasteiger partial charge on any atom is 0.256 e. The molecule has 0 aliphatic rings. The third kappa shape index (κ3) is 2.72. The van der Waals surface area contributed by atoms with Crippen molar-refractivity contribution in [1.82, 2.24) is 10.2 Å². The second-order valence-electron chi connectivity index (χ2n) is 4.17. The van der Waals surface area contributed by atoms with Gasteiger partial charge in [0.25, 0.3) is 5.91 Å². The zero-order valence-corrected chi connectivity index (χ0v) is 10.6. The summed E-state index contributed by atoms with van der Waals surface area (Å²) < 4.78 is 0. The molecule has 0 aliphatic carbocycles. The van der Waals surface area contributed by atoms with E-state index in [0.717, 1.165) is 5.69 Å². The number of amides is 1. The number of aromatic amines is 1. The van der Waals surface area contributed by atoms with E-state index in [4.69, 9.17) is 5.26 Å². The van der Waals surface area contributed by atoms with Gasteiger partial charge >= 0.3 is 0 Å². The molecule has 1 aromatic heterocycles. The fourth-order valence-electron chi connectivity index (χ4n) is 1.56. The van der Waals surface area contributed by atoms with Crippen LogP contribution in [0.2, 0.25) is 0 Å². The van der Waals surface area contributed by atoms with Gasteiger partial charge in [-0.05, 0) is 24.3 Å². The summed E-state index contributed by atoms with van der Waals surface area (Å²) in [4.78, 5) is 13.9. The summed E-state index contributed by atoms with van der Waals surface area (Å²) in [5, 5.41) is 17.7. The Hall–Kier alpha value is -2.81. The molecule has 0 saturated carbocycles. The molecule has 0 saturated heterocycles. The van der Waals surface area contributed by atoms with Gasteiger partial charge in [-0.1, -0.05) is 0 Å². The first-order chi connectivity index (χ1) is 9.11. The van der Waals surface area contributed by atoms with Crippen LogP contribution in [0, 0.1) is 11.3 Å². The minimum atomic E-state index is -0.286. The average Bonchev–Trinajstić information content (AvgIpc) is 2.86. The Morgan fingerprint density at radius 3 is 2.63 bits per heavy atom. The molecule has 6 heteroatoms. The zero-order valence-electron chi connectivity index (χ0n) is 10.6. The lowest BCUT2D eigenvalue weighted by atomic mass is 10.2. The molecule has 2 rings (SSSR count). The van der Waals surface area contributed by atoms with Crippen LogP contribution in [-0.4, -0.2) is 30.2 Å². The number of nitrogens with zero attached hydrogens (tertiary/aromatic N) is 3. The predicted molar refractivity (Wildman–Crippen MR) is 72.0 cm³/mol. The van der Waals surface area contributed by atoms with Crippen LogP contribution in [-0.2, 0) is 0 Å². The predicted octanol–water partition coefficient (Wildman–Crippen LogP) is 1.60. The van der Waals surface area contributed by atoms with E-state index in [1.54, 1.807) is 12.1 Å². The minimum Gasteiger partial charge on any atom is -0.378 e. The summed E-state index contributed by atoms with van der Waals surface area (Å²) in [7, 11) is 3.86. The van der Waals surface area contributed by atoms with Crippen molar-refractivity contribution in [3.8, 4) is 6.07 Å². The maximum atomic E-state index is 12.0. The molecule has 96 valence electrons. The van der Waals surface area contributed by atoms with Gasteiger partial charge in [0.15, 0.2) is 0 Å². The van der Waals surface area contributed by atoms with Crippen LogP contribution in [0.25, 0.3) is 0 Å². The zero-order chi connectivity index (χ0) is 13.8. The van der Waals surface area contributed by atoms with Crippen LogP contribution in [0.3, 0.4) is 0 Å². The van der Waals surface area contributed by atoms with E-state index >= 15 is 0 Å². The van der Waals surface area contributed by atoms with E-state index in [2.05, 4.69) is 15.5 Å². The van der Waals surface area contributed by atoms with E-state index in [1.807, 2.05) is 37.2 Å². The van der Waals surface area contributed by atoms with Gasteiger partial charge in [0.2, 0.25) is 0 Å². The molecular weight excluding hydrogens is 242 g/mol. The molecule has 0 radical (unpaired) electrons. The van der Waals surface area contributed by atoms with Crippen molar-refractivity contribution in [3.63, 3.8) is 0 Å². The third-order valence-corrected chi connectivity index (χ3v) is 2.64. The molecule has 0 atom stereocenters. The van der Waals surface area contributed by atoms with Crippen molar-refractivity contribution in [2.24, 2.45) is 0 Å². The van der Waals surface area contributed by atoms with E-state index in [9.17, 15) is 4.79 Å². The highest BCUT2D eigenvalue weighted by atomic mass is 16.1. The van der Waals surface area contributed by atoms with Crippen LogP contribution >= 0.6 is 0 Å². The smallest absolute Gasteiger partial charge is 0.256 e. The van der Waals surface area contributed by atoms with E-state index in [-0.39, 0.29) is 5.91 Å². The minimum absolute atomic E-state index is 0.286. The number of H-pyrrole nitrogens is 1. The van der Waals surface area contributed by atoms with Crippen LogP contribution < -0.4 is 10.2 Å². The Morgan fingerprint density at radius 1 is 1.37 bits per heavy atom. The summed E-state index contributed by atoms with van der Waals surface area (Å²) in [6.07, 6.45) is 1.37. The highest BCUT2D eigenvalue weighted by Gasteiger charge is 2.10. The lowest BCUT2D eigenvalue weighted by molar-refractivity contribution is 0.102. The van der Waals surface area contributed by atoms with E-state index in [1.165, 1.54) is 6.20 Å². The second kappa shape index (κ2) is 5.23. The number of hydrogen-bond acceptors (Lipinski definition) is 4. The molecule has 0 aliphatic heterocycles. The van der Waals surface area contributed by atoms with E-state index in [0.29, 0.717) is 16.9 Å². The molecule has 1 heterocycles. The van der Waals surface area contributed by atoms with Crippen molar-refractivity contribution in [2.75, 3.05) is 24.3 Å². The number of anilines is 2. The van der Waals surface area contributed by atoms with Gasteiger partial charge in [-0.25, -0.2) is 0 Å². The second-order valence-corrected chi connectivity index (χ2v) is 4.17. The summed E-state index contributed by atoms with van der Waals surface area (Å²) in [5.41, 5.74) is 1.83. The third-order valence-electron chi connectivity index (χ3n) is 2.64. The van der Waals surface area contributed by atoms with E-state index < -0.39 is 0 Å². The number of carbonyl (C=O) groups is 1. The van der Waals surface area contributed by atoms with Crippen molar-refractivity contribution >= 4 is 17.4 Å². The number of benzene rings is 1. The Kier molecular flexibility index (Phi) is 3.48. The molecule has 19 heavy (non-hydrogen) atoms. The van der Waals surface area contributed by atoms with Gasteiger partial charge in [-0.3, -0.25) is 9.89 Å². The standard InChI is InChI=1S/C13H13N5O/c1-18(2)11-5-3-9(4-6-11)13(19)16-12-10(7-14)8-15-17-12/h3-6,8H,1-2H3,(H2,15,16,17,19). The first kappa shape index (κ1) is 12.6. The molecule has 1 aromatic carbocycles. The van der Waals surface area contributed by atoms with Crippen molar-refractivity contribution in [1.29, 1.82) is 5.26 Å². The Balaban J connectivity index is 2.14. The van der Waals surface area contributed by atoms with Crippen LogP contribution in [0.5, 0.6) is 0 Å². The number of hydrogen-bond donors (Lipinski definition) is 2. The van der Waals surface area contributed by atoms with Crippen LogP contribution in [0.15, 0.2) is 30.5 Å². The van der Waals surface area contributed by atoms with Crippen LogP contribution in [0.4, 0.5) is 11.5 Å². The molecule has 0 bridgehead atoms. The van der Waals surface area contributed by atoms with Gasteiger partial charge in [0.05, 0.1) is 6.20 Å². The maximum absolute atomic E-state index is 12.0. The highest BCUT2D eigenvalue weighted by Crippen LogP contribution is 2.14. The fourth-order valence-corrected chi connectivity index (χ4v) is 1.56. The molecule has 2 aromatic rings. The fraction of sp³-hybridized carbons (Fsp3) is 0.154. The lowest BCUT2D eigenvalue weighted by Gasteiger charge is -2.12. The number of aromatic nitrogens is 2. The SMILES string of the molecule is CN(C)c1ccc(C(=O)Nc2[nH]ncc2C#N)cc1. The number of nitriles is 1. The summed E-state index contributed by atoms with van der Waals surface area (Å²) in [5.74, 6) is 0.0234. The Morgan fingerprint density at radius 2 is 2.05 bits per heavy atom. The molecule has 6 nitrogen and oxygen atoms in total. The first-order valence-electron chi connectivity index (χ1n) is 5.64. The summed E-state index contributed by atoms with van der Waals surface area (Å²) in [6, 6.07) is 9.11. The molecule has 0 spiro atoms. The summed E-state index contributed by atoms with van der Waals surface area (Å²) in [6.45, 7) is 0. The van der Waals surface area contributed by atoms with Crippen LogP contribution in [0.1, 0.15) is 15.9 Å². The van der Waals surface area contributed by atoms with Gasteiger partial charge in [-0.15, -0.1) is 0 Å².